The Morgan fingerprint density at radius 3 is 2.55 bits per heavy atom. The standard InChI is InChI=1S/C13H17Cl2NO4/c1-8(13(18-2)19-3)16-12(17)7-20-11-6-9(14)4-5-10(11)15/h4-6,8,13H,7H2,1-3H3,(H,16,17). The molecule has 1 unspecified atom stereocenters. The maximum absolute atomic E-state index is 11.7. The molecule has 0 fully saturated rings. The van der Waals surface area contributed by atoms with E-state index in [0.717, 1.165) is 0 Å². The fourth-order valence-corrected chi connectivity index (χ4v) is 1.93. The molecule has 0 radical (unpaired) electrons. The number of amides is 1. The maximum atomic E-state index is 11.7. The number of ether oxygens (including phenoxy) is 3. The van der Waals surface area contributed by atoms with Gasteiger partial charge >= 0.3 is 0 Å². The fourth-order valence-electron chi connectivity index (χ4n) is 1.60. The number of halogens is 2. The van der Waals surface area contributed by atoms with Crippen LogP contribution in [0.1, 0.15) is 6.92 Å². The summed E-state index contributed by atoms with van der Waals surface area (Å²) in [6, 6.07) is 4.48. The van der Waals surface area contributed by atoms with Crippen molar-refractivity contribution in [2.45, 2.75) is 19.3 Å². The van der Waals surface area contributed by atoms with Gasteiger partial charge in [-0.05, 0) is 19.1 Å². The number of carbonyl (C=O) groups is 1. The number of hydrogen-bond acceptors (Lipinski definition) is 4. The molecule has 5 nitrogen and oxygen atoms in total. The van der Waals surface area contributed by atoms with Gasteiger partial charge in [-0.25, -0.2) is 0 Å². The lowest BCUT2D eigenvalue weighted by Crippen LogP contribution is -2.44. The number of benzene rings is 1. The predicted octanol–water partition coefficient (Wildman–Crippen LogP) is 2.50. The summed E-state index contributed by atoms with van der Waals surface area (Å²) < 4.78 is 15.4. The van der Waals surface area contributed by atoms with E-state index in [9.17, 15) is 4.79 Å². The second-order valence-electron chi connectivity index (χ2n) is 4.06. The van der Waals surface area contributed by atoms with Crippen molar-refractivity contribution in [1.29, 1.82) is 0 Å². The van der Waals surface area contributed by atoms with Gasteiger partial charge in [0.2, 0.25) is 0 Å². The van der Waals surface area contributed by atoms with E-state index in [1.165, 1.54) is 14.2 Å². The Bertz CT molecular complexity index is 452. The quantitative estimate of drug-likeness (QED) is 0.784. The first kappa shape index (κ1) is 17.0. The molecule has 20 heavy (non-hydrogen) atoms. The summed E-state index contributed by atoms with van der Waals surface area (Å²) in [4.78, 5) is 11.7. The van der Waals surface area contributed by atoms with E-state index in [0.29, 0.717) is 15.8 Å². The Labute approximate surface area is 128 Å². The Balaban J connectivity index is 2.49. The largest absolute Gasteiger partial charge is 0.482 e. The Hall–Kier alpha value is -1.01. The predicted molar refractivity (Wildman–Crippen MR) is 77.4 cm³/mol. The van der Waals surface area contributed by atoms with Gasteiger partial charge in [-0.3, -0.25) is 4.79 Å². The summed E-state index contributed by atoms with van der Waals surface area (Å²) in [5.74, 6) is 0.0460. The van der Waals surface area contributed by atoms with Crippen LogP contribution in [0.5, 0.6) is 5.75 Å². The number of carbonyl (C=O) groups excluding carboxylic acids is 1. The molecule has 0 aliphatic rings. The van der Waals surface area contributed by atoms with E-state index >= 15 is 0 Å². The molecule has 0 saturated carbocycles. The highest BCUT2D eigenvalue weighted by Crippen LogP contribution is 2.27. The maximum Gasteiger partial charge on any atom is 0.258 e. The molecule has 0 heterocycles. The van der Waals surface area contributed by atoms with Crippen LogP contribution in [0.4, 0.5) is 0 Å². The van der Waals surface area contributed by atoms with Crippen LogP contribution in [0, 0.1) is 0 Å². The van der Waals surface area contributed by atoms with Gasteiger partial charge in [0.05, 0.1) is 11.1 Å². The van der Waals surface area contributed by atoms with Gasteiger partial charge < -0.3 is 19.5 Å². The van der Waals surface area contributed by atoms with Crippen LogP contribution >= 0.6 is 23.2 Å². The van der Waals surface area contributed by atoms with Crippen molar-refractivity contribution in [3.63, 3.8) is 0 Å². The van der Waals surface area contributed by atoms with Gasteiger partial charge in [0.1, 0.15) is 5.75 Å². The van der Waals surface area contributed by atoms with Gasteiger partial charge in [-0.15, -0.1) is 0 Å². The van der Waals surface area contributed by atoms with Crippen LogP contribution in [0.25, 0.3) is 0 Å². The normalized spacial score (nSPS) is 12.3. The second-order valence-corrected chi connectivity index (χ2v) is 4.90. The highest BCUT2D eigenvalue weighted by atomic mass is 35.5. The molecule has 1 aromatic rings. The van der Waals surface area contributed by atoms with Crippen molar-refractivity contribution in [2.75, 3.05) is 20.8 Å². The van der Waals surface area contributed by atoms with Gasteiger partial charge in [0.15, 0.2) is 12.9 Å². The molecule has 1 aromatic carbocycles. The number of hydrogen-bond donors (Lipinski definition) is 1. The van der Waals surface area contributed by atoms with E-state index in [1.54, 1.807) is 25.1 Å². The zero-order valence-corrected chi connectivity index (χ0v) is 13.0. The van der Waals surface area contributed by atoms with Crippen molar-refractivity contribution in [3.05, 3.63) is 28.2 Å². The van der Waals surface area contributed by atoms with Crippen molar-refractivity contribution in [2.24, 2.45) is 0 Å². The van der Waals surface area contributed by atoms with E-state index in [1.807, 2.05) is 0 Å². The Kier molecular flexibility index (Phi) is 7.09. The van der Waals surface area contributed by atoms with Gasteiger partial charge in [0, 0.05) is 25.3 Å². The number of rotatable bonds is 7. The molecule has 0 spiro atoms. The fraction of sp³-hybridized carbons (Fsp3) is 0.462. The molecule has 1 atom stereocenters. The lowest BCUT2D eigenvalue weighted by molar-refractivity contribution is -0.137. The SMILES string of the molecule is COC(OC)C(C)NC(=O)COc1cc(Cl)ccc1Cl. The average molecular weight is 322 g/mol. The number of methoxy groups -OCH3 is 2. The summed E-state index contributed by atoms with van der Waals surface area (Å²) in [6.45, 7) is 1.59. The summed E-state index contributed by atoms with van der Waals surface area (Å²) in [7, 11) is 3.00. The van der Waals surface area contributed by atoms with Crippen molar-refractivity contribution in [1.82, 2.24) is 5.32 Å². The van der Waals surface area contributed by atoms with E-state index in [-0.39, 0.29) is 18.6 Å². The van der Waals surface area contributed by atoms with Gasteiger partial charge in [-0.1, -0.05) is 23.2 Å². The zero-order valence-electron chi connectivity index (χ0n) is 11.5. The van der Waals surface area contributed by atoms with E-state index in [4.69, 9.17) is 37.4 Å². The average Bonchev–Trinajstić information content (AvgIpc) is 2.41. The molecular formula is C13H17Cl2NO4. The van der Waals surface area contributed by atoms with Crippen molar-refractivity contribution >= 4 is 29.1 Å². The molecule has 1 N–H and O–H groups in total. The van der Waals surface area contributed by atoms with Crippen molar-refractivity contribution in [3.8, 4) is 5.75 Å². The van der Waals surface area contributed by atoms with Gasteiger partial charge in [0.25, 0.3) is 5.91 Å². The molecule has 0 aliphatic carbocycles. The molecule has 1 rings (SSSR count). The summed E-state index contributed by atoms with van der Waals surface area (Å²) in [5, 5.41) is 3.57. The zero-order chi connectivity index (χ0) is 15.1. The minimum Gasteiger partial charge on any atom is -0.482 e. The first-order valence-electron chi connectivity index (χ1n) is 5.90. The Morgan fingerprint density at radius 1 is 1.30 bits per heavy atom. The second kappa shape index (κ2) is 8.32. The molecular weight excluding hydrogens is 305 g/mol. The molecule has 7 heteroatoms. The molecule has 1 amide bonds. The third-order valence-corrected chi connectivity index (χ3v) is 3.06. The minimum absolute atomic E-state index is 0.176. The van der Waals surface area contributed by atoms with E-state index in [2.05, 4.69) is 5.32 Å². The topological polar surface area (TPSA) is 56.8 Å². The monoisotopic (exact) mass is 321 g/mol. The molecule has 112 valence electrons. The summed E-state index contributed by atoms with van der Waals surface area (Å²) in [6.07, 6.45) is -0.520. The molecule has 0 aromatic heterocycles. The van der Waals surface area contributed by atoms with Crippen LogP contribution in [0.15, 0.2) is 18.2 Å². The lowest BCUT2D eigenvalue weighted by Gasteiger charge is -2.22. The third kappa shape index (κ3) is 5.17. The summed E-state index contributed by atoms with van der Waals surface area (Å²) >= 11 is 11.7. The summed E-state index contributed by atoms with van der Waals surface area (Å²) in [5.41, 5.74) is 0. The van der Waals surface area contributed by atoms with Crippen LogP contribution < -0.4 is 10.1 Å². The van der Waals surface area contributed by atoms with Crippen LogP contribution in [0.3, 0.4) is 0 Å². The van der Waals surface area contributed by atoms with Crippen LogP contribution in [0.2, 0.25) is 10.0 Å². The highest BCUT2D eigenvalue weighted by molar-refractivity contribution is 6.34. The third-order valence-electron chi connectivity index (χ3n) is 2.51. The molecule has 0 bridgehead atoms. The van der Waals surface area contributed by atoms with E-state index < -0.39 is 6.29 Å². The molecule has 0 saturated heterocycles. The van der Waals surface area contributed by atoms with Crippen LogP contribution in [-0.2, 0) is 14.3 Å². The van der Waals surface area contributed by atoms with Crippen molar-refractivity contribution < 1.29 is 19.0 Å². The Morgan fingerprint density at radius 2 is 1.95 bits per heavy atom. The smallest absolute Gasteiger partial charge is 0.258 e. The minimum atomic E-state index is -0.520. The lowest BCUT2D eigenvalue weighted by atomic mass is 10.3. The highest BCUT2D eigenvalue weighted by Gasteiger charge is 2.18. The first-order chi connectivity index (χ1) is 9.47. The van der Waals surface area contributed by atoms with Crippen LogP contribution in [-0.4, -0.2) is 39.1 Å². The number of nitrogens with one attached hydrogen (secondary N) is 1. The molecule has 0 aliphatic heterocycles. The first-order valence-corrected chi connectivity index (χ1v) is 6.66. The van der Waals surface area contributed by atoms with Gasteiger partial charge in [-0.2, -0.15) is 0 Å².